The summed E-state index contributed by atoms with van der Waals surface area (Å²) in [6, 6.07) is 2.50. The first-order valence-corrected chi connectivity index (χ1v) is 8.22. The van der Waals surface area contributed by atoms with E-state index in [1.165, 1.54) is 58.2 Å². The van der Waals surface area contributed by atoms with Gasteiger partial charge in [0.2, 0.25) is 0 Å². The summed E-state index contributed by atoms with van der Waals surface area (Å²) in [5.41, 5.74) is 0. The van der Waals surface area contributed by atoms with Gasteiger partial charge in [0.1, 0.15) is 0 Å². The zero-order chi connectivity index (χ0) is 13.8. The summed E-state index contributed by atoms with van der Waals surface area (Å²) in [5.74, 6) is 0. The SMILES string of the molecule is CCN(C)[C@H]1CCC[C@H](N2CCC(N(C)C)CC2)C1. The summed E-state index contributed by atoms with van der Waals surface area (Å²) >= 11 is 0. The molecule has 3 nitrogen and oxygen atoms in total. The summed E-state index contributed by atoms with van der Waals surface area (Å²) in [6.45, 7) is 6.11. The molecule has 0 aromatic heterocycles. The molecule has 2 atom stereocenters. The normalized spacial score (nSPS) is 31.3. The highest BCUT2D eigenvalue weighted by Gasteiger charge is 2.31. The molecule has 3 heteroatoms. The number of piperidine rings is 1. The van der Waals surface area contributed by atoms with Crippen molar-refractivity contribution < 1.29 is 0 Å². The molecule has 2 rings (SSSR count). The van der Waals surface area contributed by atoms with Crippen LogP contribution in [0.25, 0.3) is 0 Å². The van der Waals surface area contributed by atoms with Crippen LogP contribution in [0.2, 0.25) is 0 Å². The van der Waals surface area contributed by atoms with Gasteiger partial charge in [-0.15, -0.1) is 0 Å². The van der Waals surface area contributed by atoms with Crippen LogP contribution >= 0.6 is 0 Å². The molecule has 19 heavy (non-hydrogen) atoms. The molecule has 2 fully saturated rings. The van der Waals surface area contributed by atoms with Gasteiger partial charge in [-0.2, -0.15) is 0 Å². The van der Waals surface area contributed by atoms with Crippen molar-refractivity contribution in [3.05, 3.63) is 0 Å². The van der Waals surface area contributed by atoms with Crippen molar-refractivity contribution in [2.45, 2.75) is 63.6 Å². The molecule has 0 aromatic carbocycles. The van der Waals surface area contributed by atoms with Gasteiger partial charge in [0.05, 0.1) is 0 Å². The second-order valence-corrected chi connectivity index (χ2v) is 6.78. The van der Waals surface area contributed by atoms with E-state index in [0.717, 1.165) is 18.1 Å². The Morgan fingerprint density at radius 3 is 2.21 bits per heavy atom. The molecule has 1 saturated heterocycles. The van der Waals surface area contributed by atoms with E-state index in [9.17, 15) is 0 Å². The fourth-order valence-electron chi connectivity index (χ4n) is 3.90. The maximum Gasteiger partial charge on any atom is 0.0113 e. The lowest BCUT2D eigenvalue weighted by Crippen LogP contribution is -2.50. The molecule has 0 bridgehead atoms. The van der Waals surface area contributed by atoms with Crippen molar-refractivity contribution in [3.8, 4) is 0 Å². The number of nitrogens with zero attached hydrogens (tertiary/aromatic N) is 3. The van der Waals surface area contributed by atoms with Crippen LogP contribution in [0.1, 0.15) is 45.4 Å². The van der Waals surface area contributed by atoms with Gasteiger partial charge in [-0.05, 0) is 72.9 Å². The van der Waals surface area contributed by atoms with Crippen molar-refractivity contribution >= 4 is 0 Å². The van der Waals surface area contributed by atoms with Gasteiger partial charge in [-0.1, -0.05) is 13.3 Å². The first-order valence-electron chi connectivity index (χ1n) is 8.22. The minimum atomic E-state index is 0.814. The molecule has 0 aromatic rings. The second-order valence-electron chi connectivity index (χ2n) is 6.78. The Hall–Kier alpha value is -0.120. The van der Waals surface area contributed by atoms with Crippen molar-refractivity contribution in [1.29, 1.82) is 0 Å². The molecule has 1 aliphatic carbocycles. The molecular formula is C16H33N3. The number of hydrogen-bond donors (Lipinski definition) is 0. The smallest absolute Gasteiger partial charge is 0.0113 e. The van der Waals surface area contributed by atoms with Crippen LogP contribution < -0.4 is 0 Å². The molecule has 1 aliphatic heterocycles. The first-order chi connectivity index (χ1) is 9.11. The largest absolute Gasteiger partial charge is 0.306 e. The third-order valence-electron chi connectivity index (χ3n) is 5.49. The van der Waals surface area contributed by atoms with Crippen molar-refractivity contribution in [3.63, 3.8) is 0 Å². The predicted molar refractivity (Wildman–Crippen MR) is 82.6 cm³/mol. The van der Waals surface area contributed by atoms with E-state index in [2.05, 4.69) is 42.8 Å². The van der Waals surface area contributed by atoms with E-state index in [0.29, 0.717) is 0 Å². The van der Waals surface area contributed by atoms with Gasteiger partial charge in [0.25, 0.3) is 0 Å². The summed E-state index contributed by atoms with van der Waals surface area (Å²) < 4.78 is 0. The third kappa shape index (κ3) is 3.93. The lowest BCUT2D eigenvalue weighted by molar-refractivity contribution is 0.0629. The second kappa shape index (κ2) is 7.05. The molecule has 0 spiro atoms. The minimum absolute atomic E-state index is 0.814. The highest BCUT2D eigenvalue weighted by atomic mass is 15.2. The number of rotatable bonds is 4. The summed E-state index contributed by atoms with van der Waals surface area (Å²) in [5, 5.41) is 0. The zero-order valence-electron chi connectivity index (χ0n) is 13.4. The first kappa shape index (κ1) is 15.3. The van der Waals surface area contributed by atoms with Gasteiger partial charge < -0.3 is 14.7 Å². The summed E-state index contributed by atoms with van der Waals surface area (Å²) in [4.78, 5) is 7.75. The van der Waals surface area contributed by atoms with Gasteiger partial charge >= 0.3 is 0 Å². The van der Waals surface area contributed by atoms with Crippen LogP contribution in [0.3, 0.4) is 0 Å². The summed E-state index contributed by atoms with van der Waals surface area (Å²) in [7, 11) is 6.76. The Balaban J connectivity index is 1.82. The standard InChI is InChI=1S/C16H33N3/c1-5-18(4)15-7-6-8-16(13-15)19-11-9-14(10-12-19)17(2)3/h14-16H,5-13H2,1-4H3/t15-,16-/m0/s1. The highest BCUT2D eigenvalue weighted by Crippen LogP contribution is 2.28. The average Bonchev–Trinajstić information content (AvgIpc) is 2.46. The molecule has 0 N–H and O–H groups in total. The van der Waals surface area contributed by atoms with E-state index in [1.54, 1.807) is 0 Å². The Bertz CT molecular complexity index is 259. The van der Waals surface area contributed by atoms with E-state index >= 15 is 0 Å². The summed E-state index contributed by atoms with van der Waals surface area (Å²) in [6.07, 6.45) is 8.38. The lowest BCUT2D eigenvalue weighted by Gasteiger charge is -2.44. The van der Waals surface area contributed by atoms with Gasteiger partial charge in [0.15, 0.2) is 0 Å². The maximum absolute atomic E-state index is 2.79. The highest BCUT2D eigenvalue weighted by molar-refractivity contribution is 4.87. The minimum Gasteiger partial charge on any atom is -0.306 e. The van der Waals surface area contributed by atoms with Crippen molar-refractivity contribution in [1.82, 2.24) is 14.7 Å². The third-order valence-corrected chi connectivity index (χ3v) is 5.49. The molecule has 0 radical (unpaired) electrons. The fourth-order valence-corrected chi connectivity index (χ4v) is 3.90. The monoisotopic (exact) mass is 267 g/mol. The van der Waals surface area contributed by atoms with Crippen LogP contribution in [-0.4, -0.2) is 73.6 Å². The van der Waals surface area contributed by atoms with Gasteiger partial charge in [-0.3, -0.25) is 0 Å². The molecule has 1 saturated carbocycles. The molecule has 0 amide bonds. The number of hydrogen-bond acceptors (Lipinski definition) is 3. The number of likely N-dealkylation sites (tertiary alicyclic amines) is 1. The zero-order valence-corrected chi connectivity index (χ0v) is 13.4. The van der Waals surface area contributed by atoms with Gasteiger partial charge in [-0.25, -0.2) is 0 Å². The molecular weight excluding hydrogens is 234 g/mol. The Labute approximate surface area is 119 Å². The molecule has 1 heterocycles. The van der Waals surface area contributed by atoms with Gasteiger partial charge in [0, 0.05) is 18.1 Å². The van der Waals surface area contributed by atoms with Crippen LogP contribution in [-0.2, 0) is 0 Å². The average molecular weight is 267 g/mol. The van der Waals surface area contributed by atoms with E-state index < -0.39 is 0 Å². The van der Waals surface area contributed by atoms with Crippen LogP contribution in [0.15, 0.2) is 0 Å². The van der Waals surface area contributed by atoms with Crippen LogP contribution in [0.5, 0.6) is 0 Å². The van der Waals surface area contributed by atoms with Crippen LogP contribution in [0.4, 0.5) is 0 Å². The molecule has 0 unspecified atom stereocenters. The van der Waals surface area contributed by atoms with E-state index in [4.69, 9.17) is 0 Å². The van der Waals surface area contributed by atoms with E-state index in [-0.39, 0.29) is 0 Å². The molecule has 112 valence electrons. The predicted octanol–water partition coefficient (Wildman–Crippen LogP) is 2.28. The quantitative estimate of drug-likeness (QED) is 0.774. The Morgan fingerprint density at radius 2 is 1.63 bits per heavy atom. The van der Waals surface area contributed by atoms with Crippen molar-refractivity contribution in [2.24, 2.45) is 0 Å². The van der Waals surface area contributed by atoms with Crippen LogP contribution in [0, 0.1) is 0 Å². The molecule has 2 aliphatic rings. The fraction of sp³-hybridized carbons (Fsp3) is 1.00. The topological polar surface area (TPSA) is 9.72 Å². The van der Waals surface area contributed by atoms with Crippen molar-refractivity contribution in [2.75, 3.05) is 40.8 Å². The van der Waals surface area contributed by atoms with E-state index in [1.807, 2.05) is 0 Å². The Kier molecular flexibility index (Phi) is 5.67. The lowest BCUT2D eigenvalue weighted by atomic mass is 9.87. The Morgan fingerprint density at radius 1 is 0.947 bits per heavy atom. The maximum atomic E-state index is 2.79.